The van der Waals surface area contributed by atoms with E-state index >= 15 is 0 Å². The van der Waals surface area contributed by atoms with E-state index in [1.54, 1.807) is 29.0 Å². The number of hydrogen-bond acceptors (Lipinski definition) is 2. The molecule has 132 valence electrons. The van der Waals surface area contributed by atoms with Gasteiger partial charge in [0.25, 0.3) is 11.7 Å². The third-order valence-corrected chi connectivity index (χ3v) is 4.03. The molecule has 0 spiro atoms. The maximum Gasteiger partial charge on any atom is 0.298 e. The molecular weight excluding hydrogens is 362 g/mol. The van der Waals surface area contributed by atoms with Gasteiger partial charge in [0, 0.05) is 12.7 Å². The van der Waals surface area contributed by atoms with Crippen LogP contribution in [0.25, 0.3) is 0 Å². The average Bonchev–Trinajstić information content (AvgIpc) is 3.06. The molecule has 0 atom stereocenters. The molecule has 7 heteroatoms. The molecule has 0 fully saturated rings. The quantitative estimate of drug-likeness (QED) is 0.535. The number of anilines is 1. The number of benzene rings is 2. The first-order valence-corrected chi connectivity index (χ1v) is 8.02. The summed E-state index contributed by atoms with van der Waals surface area (Å²) in [6.45, 7) is 0.305. The van der Waals surface area contributed by atoms with Crippen LogP contribution in [0.5, 0.6) is 0 Å². The number of amides is 1. The Bertz CT molecular complexity index is 968. The van der Waals surface area contributed by atoms with Gasteiger partial charge in [-0.05, 0) is 48.0 Å². The summed E-state index contributed by atoms with van der Waals surface area (Å²) in [6.07, 6.45) is 1.65. The molecule has 0 aliphatic carbocycles. The van der Waals surface area contributed by atoms with Crippen LogP contribution in [0.4, 0.5) is 14.5 Å². The molecule has 0 aliphatic heterocycles. The molecule has 1 N–H and O–H groups in total. The third-order valence-electron chi connectivity index (χ3n) is 3.71. The van der Waals surface area contributed by atoms with Crippen molar-refractivity contribution in [1.29, 1.82) is 0 Å². The van der Waals surface area contributed by atoms with E-state index < -0.39 is 17.5 Å². The Kier molecular flexibility index (Phi) is 5.14. The van der Waals surface area contributed by atoms with Crippen molar-refractivity contribution in [3.8, 4) is 0 Å². The van der Waals surface area contributed by atoms with Gasteiger partial charge in [0.05, 0.1) is 16.4 Å². The van der Waals surface area contributed by atoms with E-state index in [-0.39, 0.29) is 22.2 Å². The first-order valence-electron chi connectivity index (χ1n) is 7.64. The second kappa shape index (κ2) is 7.49. The molecule has 26 heavy (non-hydrogen) atoms. The molecule has 4 nitrogen and oxygen atoms in total. The SMILES string of the molecule is O=C(Nc1ccc(F)cc1Cl)C(=O)c1cccn1Cc1ccc(F)cc1. The van der Waals surface area contributed by atoms with Crippen LogP contribution in [0.2, 0.25) is 5.02 Å². The number of ketones is 1. The number of halogens is 3. The van der Waals surface area contributed by atoms with Gasteiger partial charge in [-0.15, -0.1) is 0 Å². The first kappa shape index (κ1) is 17.8. The van der Waals surface area contributed by atoms with Crippen LogP contribution in [-0.4, -0.2) is 16.3 Å². The van der Waals surface area contributed by atoms with E-state index in [1.165, 1.54) is 24.3 Å². The van der Waals surface area contributed by atoms with Crippen LogP contribution >= 0.6 is 11.6 Å². The normalized spacial score (nSPS) is 10.6. The molecule has 2 aromatic carbocycles. The highest BCUT2D eigenvalue weighted by Gasteiger charge is 2.20. The van der Waals surface area contributed by atoms with Crippen molar-refractivity contribution in [1.82, 2.24) is 4.57 Å². The summed E-state index contributed by atoms with van der Waals surface area (Å²) in [5, 5.41) is 2.37. The molecular formula is C19H13ClF2N2O2. The second-order valence-electron chi connectivity index (χ2n) is 5.56. The highest BCUT2D eigenvalue weighted by atomic mass is 35.5. The van der Waals surface area contributed by atoms with Gasteiger partial charge in [-0.2, -0.15) is 0 Å². The van der Waals surface area contributed by atoms with Crippen molar-refractivity contribution < 1.29 is 18.4 Å². The molecule has 1 aromatic heterocycles. The zero-order chi connectivity index (χ0) is 18.7. The molecule has 3 rings (SSSR count). The van der Waals surface area contributed by atoms with Crippen LogP contribution in [0.15, 0.2) is 60.8 Å². The topological polar surface area (TPSA) is 51.1 Å². The summed E-state index contributed by atoms with van der Waals surface area (Å²) in [6, 6.07) is 12.4. The zero-order valence-electron chi connectivity index (χ0n) is 13.4. The molecule has 0 saturated heterocycles. The summed E-state index contributed by atoms with van der Waals surface area (Å²) < 4.78 is 27.6. The Labute approximate surface area is 153 Å². The predicted molar refractivity (Wildman–Crippen MR) is 94.3 cm³/mol. The summed E-state index contributed by atoms with van der Waals surface area (Å²) in [5.74, 6) is -2.56. The zero-order valence-corrected chi connectivity index (χ0v) is 14.1. The van der Waals surface area contributed by atoms with Gasteiger partial charge in [-0.1, -0.05) is 23.7 Å². The Morgan fingerprint density at radius 3 is 2.38 bits per heavy atom. The lowest BCUT2D eigenvalue weighted by Crippen LogP contribution is -2.25. The van der Waals surface area contributed by atoms with Gasteiger partial charge in [-0.3, -0.25) is 9.59 Å². The van der Waals surface area contributed by atoms with Gasteiger partial charge in [0.15, 0.2) is 0 Å². The molecule has 1 amide bonds. The number of carbonyl (C=O) groups is 2. The smallest absolute Gasteiger partial charge is 0.298 e. The monoisotopic (exact) mass is 374 g/mol. The number of hydrogen-bond donors (Lipinski definition) is 1. The van der Waals surface area contributed by atoms with Crippen LogP contribution < -0.4 is 5.32 Å². The fourth-order valence-electron chi connectivity index (χ4n) is 2.43. The van der Waals surface area contributed by atoms with Crippen molar-refractivity contribution in [3.05, 3.63) is 88.7 Å². The maximum absolute atomic E-state index is 13.1. The number of nitrogens with one attached hydrogen (secondary N) is 1. The second-order valence-corrected chi connectivity index (χ2v) is 5.96. The van der Waals surface area contributed by atoms with E-state index in [2.05, 4.69) is 5.32 Å². The number of aromatic nitrogens is 1. The summed E-state index contributed by atoms with van der Waals surface area (Å²) >= 11 is 5.85. The van der Waals surface area contributed by atoms with Crippen LogP contribution in [0.3, 0.4) is 0 Å². The largest absolute Gasteiger partial charge is 0.340 e. The molecule has 0 unspecified atom stereocenters. The Hall–Kier alpha value is -2.99. The van der Waals surface area contributed by atoms with E-state index in [0.29, 0.717) is 6.54 Å². The van der Waals surface area contributed by atoms with Crippen molar-refractivity contribution in [2.45, 2.75) is 6.54 Å². The lowest BCUT2D eigenvalue weighted by atomic mass is 10.2. The molecule has 3 aromatic rings. The first-order chi connectivity index (χ1) is 12.4. The van der Waals surface area contributed by atoms with Gasteiger partial charge in [0.2, 0.25) is 0 Å². The Balaban J connectivity index is 1.76. The van der Waals surface area contributed by atoms with E-state index in [9.17, 15) is 18.4 Å². The standard InChI is InChI=1S/C19H13ClF2N2O2/c20-15-10-14(22)7-8-16(15)23-19(26)18(25)17-2-1-9-24(17)11-12-3-5-13(21)6-4-12/h1-10H,11H2,(H,23,26). The van der Waals surface area contributed by atoms with Gasteiger partial charge in [-0.25, -0.2) is 8.78 Å². The van der Waals surface area contributed by atoms with E-state index in [1.807, 2.05) is 0 Å². The molecule has 0 bridgehead atoms. The Morgan fingerprint density at radius 2 is 1.69 bits per heavy atom. The van der Waals surface area contributed by atoms with Crippen molar-refractivity contribution in [3.63, 3.8) is 0 Å². The minimum Gasteiger partial charge on any atom is -0.340 e. The fourth-order valence-corrected chi connectivity index (χ4v) is 2.65. The van der Waals surface area contributed by atoms with E-state index in [4.69, 9.17) is 11.6 Å². The van der Waals surface area contributed by atoms with Crippen LogP contribution in [0.1, 0.15) is 16.1 Å². The highest BCUT2D eigenvalue weighted by Crippen LogP contribution is 2.22. The van der Waals surface area contributed by atoms with Crippen molar-refractivity contribution >= 4 is 29.0 Å². The minimum atomic E-state index is -0.891. The molecule has 0 radical (unpaired) electrons. The van der Waals surface area contributed by atoms with Crippen LogP contribution in [-0.2, 0) is 11.3 Å². The Morgan fingerprint density at radius 1 is 1.00 bits per heavy atom. The highest BCUT2D eigenvalue weighted by molar-refractivity contribution is 6.47. The molecule has 0 aliphatic rings. The fraction of sp³-hybridized carbons (Fsp3) is 0.0526. The van der Waals surface area contributed by atoms with Gasteiger partial charge in [0.1, 0.15) is 11.6 Å². The summed E-state index contributed by atoms with van der Waals surface area (Å²) in [7, 11) is 0. The predicted octanol–water partition coefficient (Wildman–Crippen LogP) is 4.29. The van der Waals surface area contributed by atoms with Gasteiger partial charge < -0.3 is 9.88 Å². The van der Waals surface area contributed by atoms with Crippen molar-refractivity contribution in [2.75, 3.05) is 5.32 Å². The lowest BCUT2D eigenvalue weighted by molar-refractivity contribution is -0.112. The molecule has 0 saturated carbocycles. The number of carbonyl (C=O) groups excluding carboxylic acids is 2. The summed E-state index contributed by atoms with van der Waals surface area (Å²) in [5.41, 5.74) is 1.09. The molecule has 1 heterocycles. The van der Waals surface area contributed by atoms with Crippen LogP contribution in [0, 0.1) is 11.6 Å². The number of nitrogens with zero attached hydrogens (tertiary/aromatic N) is 1. The lowest BCUT2D eigenvalue weighted by Gasteiger charge is -2.10. The van der Waals surface area contributed by atoms with E-state index in [0.717, 1.165) is 17.7 Å². The third kappa shape index (κ3) is 3.97. The summed E-state index contributed by atoms with van der Waals surface area (Å²) in [4.78, 5) is 24.7. The van der Waals surface area contributed by atoms with Gasteiger partial charge >= 0.3 is 0 Å². The maximum atomic E-state index is 13.1. The van der Waals surface area contributed by atoms with Crippen molar-refractivity contribution in [2.24, 2.45) is 0 Å². The number of Topliss-reactive ketones (excluding diaryl/α,β-unsaturated/α-hetero) is 1. The minimum absolute atomic E-state index is 0.00663. The number of rotatable bonds is 5. The average molecular weight is 375 g/mol.